The highest BCUT2D eigenvalue weighted by molar-refractivity contribution is 5.82. The van der Waals surface area contributed by atoms with E-state index in [1.165, 1.54) is 5.56 Å². The Kier molecular flexibility index (Phi) is 2.57. The molecule has 0 unspecified atom stereocenters. The molecule has 0 amide bonds. The van der Waals surface area contributed by atoms with Crippen molar-refractivity contribution in [2.24, 2.45) is 0 Å². The molecular formula is C16H13N5. The molecule has 0 saturated carbocycles. The van der Waals surface area contributed by atoms with Crippen molar-refractivity contribution in [2.75, 3.05) is 0 Å². The number of aryl methyl sites for hydroxylation is 1. The molecular weight excluding hydrogens is 262 g/mol. The van der Waals surface area contributed by atoms with Crippen LogP contribution in [0.1, 0.15) is 5.56 Å². The van der Waals surface area contributed by atoms with Crippen molar-refractivity contribution < 1.29 is 0 Å². The molecule has 0 aliphatic heterocycles. The summed E-state index contributed by atoms with van der Waals surface area (Å²) in [5, 5.41) is 0. The van der Waals surface area contributed by atoms with Gasteiger partial charge in [0.15, 0.2) is 0 Å². The zero-order chi connectivity index (χ0) is 14.2. The van der Waals surface area contributed by atoms with E-state index >= 15 is 0 Å². The van der Waals surface area contributed by atoms with Crippen LogP contribution >= 0.6 is 0 Å². The van der Waals surface area contributed by atoms with Gasteiger partial charge in [0.05, 0.1) is 23.0 Å². The molecule has 4 rings (SSSR count). The van der Waals surface area contributed by atoms with Gasteiger partial charge >= 0.3 is 0 Å². The van der Waals surface area contributed by atoms with Crippen LogP contribution in [0.2, 0.25) is 0 Å². The summed E-state index contributed by atoms with van der Waals surface area (Å²) in [6, 6.07) is 8.08. The fraction of sp³-hybridized carbons (Fsp3) is 0.0625. The van der Waals surface area contributed by atoms with E-state index in [-0.39, 0.29) is 0 Å². The molecule has 5 nitrogen and oxygen atoms in total. The Balaban J connectivity index is 1.89. The van der Waals surface area contributed by atoms with Gasteiger partial charge in [0.25, 0.3) is 0 Å². The lowest BCUT2D eigenvalue weighted by Gasteiger charge is -2.05. The fourth-order valence-electron chi connectivity index (χ4n) is 2.48. The van der Waals surface area contributed by atoms with Crippen molar-refractivity contribution in [2.45, 2.75) is 6.92 Å². The molecule has 0 spiro atoms. The lowest BCUT2D eigenvalue weighted by atomic mass is 10.2. The second kappa shape index (κ2) is 4.56. The predicted molar refractivity (Wildman–Crippen MR) is 81.2 cm³/mol. The zero-order valence-electron chi connectivity index (χ0n) is 11.5. The summed E-state index contributed by atoms with van der Waals surface area (Å²) in [7, 11) is 0. The van der Waals surface area contributed by atoms with Crippen molar-refractivity contribution in [1.29, 1.82) is 0 Å². The van der Waals surface area contributed by atoms with Crippen molar-refractivity contribution in [3.63, 3.8) is 0 Å². The zero-order valence-corrected chi connectivity index (χ0v) is 11.5. The van der Waals surface area contributed by atoms with Crippen LogP contribution in [0.4, 0.5) is 0 Å². The summed E-state index contributed by atoms with van der Waals surface area (Å²) in [5.41, 5.74) is 5.26. The SMILES string of the molecule is Cc1cc2[nH]c(-c3ccncc3)nc2cc1-n1ccnc1. The highest BCUT2D eigenvalue weighted by atomic mass is 15.0. The maximum atomic E-state index is 4.68. The molecule has 1 N–H and O–H groups in total. The second-order valence-corrected chi connectivity index (χ2v) is 4.95. The number of H-pyrrole nitrogens is 1. The molecule has 0 saturated heterocycles. The van der Waals surface area contributed by atoms with Gasteiger partial charge in [-0.25, -0.2) is 9.97 Å². The quantitative estimate of drug-likeness (QED) is 0.611. The number of fused-ring (bicyclic) bond motifs is 1. The molecule has 0 bridgehead atoms. The number of imidazole rings is 2. The Morgan fingerprint density at radius 3 is 2.67 bits per heavy atom. The minimum atomic E-state index is 0.856. The molecule has 0 radical (unpaired) electrons. The number of hydrogen-bond acceptors (Lipinski definition) is 3. The number of rotatable bonds is 2. The largest absolute Gasteiger partial charge is 0.338 e. The van der Waals surface area contributed by atoms with E-state index < -0.39 is 0 Å². The summed E-state index contributed by atoms with van der Waals surface area (Å²) in [6.07, 6.45) is 9.04. The lowest BCUT2D eigenvalue weighted by Crippen LogP contribution is -1.93. The molecule has 0 fully saturated rings. The van der Waals surface area contributed by atoms with E-state index in [1.807, 2.05) is 22.9 Å². The van der Waals surface area contributed by atoms with Gasteiger partial charge in [0.1, 0.15) is 5.82 Å². The number of hydrogen-bond donors (Lipinski definition) is 1. The van der Waals surface area contributed by atoms with Crippen LogP contribution in [-0.4, -0.2) is 24.5 Å². The molecule has 102 valence electrons. The normalized spacial score (nSPS) is 11.1. The first kappa shape index (κ1) is 11.8. The smallest absolute Gasteiger partial charge is 0.138 e. The Morgan fingerprint density at radius 2 is 1.90 bits per heavy atom. The van der Waals surface area contributed by atoms with Gasteiger partial charge in [0.2, 0.25) is 0 Å². The van der Waals surface area contributed by atoms with E-state index in [4.69, 9.17) is 0 Å². The van der Waals surface area contributed by atoms with Crippen LogP contribution in [0.25, 0.3) is 28.1 Å². The van der Waals surface area contributed by atoms with E-state index in [9.17, 15) is 0 Å². The Morgan fingerprint density at radius 1 is 1.05 bits per heavy atom. The molecule has 3 aromatic heterocycles. The maximum Gasteiger partial charge on any atom is 0.138 e. The average Bonchev–Trinajstić information content (AvgIpc) is 3.16. The van der Waals surface area contributed by atoms with Crippen molar-refractivity contribution >= 4 is 11.0 Å². The van der Waals surface area contributed by atoms with E-state index in [0.29, 0.717) is 0 Å². The molecule has 0 aliphatic carbocycles. The number of pyridine rings is 1. The van der Waals surface area contributed by atoms with E-state index in [2.05, 4.69) is 39.0 Å². The van der Waals surface area contributed by atoms with Crippen LogP contribution in [-0.2, 0) is 0 Å². The number of aromatic amines is 1. The van der Waals surface area contributed by atoms with Gasteiger partial charge in [0, 0.05) is 30.4 Å². The van der Waals surface area contributed by atoms with Crippen molar-refractivity contribution in [3.8, 4) is 17.1 Å². The topological polar surface area (TPSA) is 59.4 Å². The number of nitrogens with one attached hydrogen (secondary N) is 1. The molecule has 4 aromatic rings. The molecule has 3 heterocycles. The Labute approximate surface area is 121 Å². The fourth-order valence-corrected chi connectivity index (χ4v) is 2.48. The summed E-state index contributed by atoms with van der Waals surface area (Å²) < 4.78 is 2.00. The van der Waals surface area contributed by atoms with Crippen LogP contribution in [0.3, 0.4) is 0 Å². The minimum absolute atomic E-state index is 0.856. The third-order valence-corrected chi connectivity index (χ3v) is 3.54. The van der Waals surface area contributed by atoms with Crippen molar-refractivity contribution in [3.05, 3.63) is 60.9 Å². The van der Waals surface area contributed by atoms with Gasteiger partial charge in [-0.2, -0.15) is 0 Å². The van der Waals surface area contributed by atoms with Crippen LogP contribution in [0.5, 0.6) is 0 Å². The summed E-state index contributed by atoms with van der Waals surface area (Å²) in [4.78, 5) is 16.2. The molecule has 0 aliphatic rings. The summed E-state index contributed by atoms with van der Waals surface area (Å²) in [5.74, 6) is 0.856. The summed E-state index contributed by atoms with van der Waals surface area (Å²) in [6.45, 7) is 2.09. The highest BCUT2D eigenvalue weighted by Crippen LogP contribution is 2.24. The second-order valence-electron chi connectivity index (χ2n) is 4.95. The van der Waals surface area contributed by atoms with Gasteiger partial charge in [-0.05, 0) is 36.8 Å². The van der Waals surface area contributed by atoms with Crippen LogP contribution in [0.15, 0.2) is 55.4 Å². The maximum absolute atomic E-state index is 4.68. The molecule has 5 heteroatoms. The monoisotopic (exact) mass is 275 g/mol. The van der Waals surface area contributed by atoms with Gasteiger partial charge in [-0.15, -0.1) is 0 Å². The Hall–Kier alpha value is -2.95. The van der Waals surface area contributed by atoms with Crippen molar-refractivity contribution in [1.82, 2.24) is 24.5 Å². The standard InChI is InChI=1S/C16H13N5/c1-11-8-13-14(9-15(11)21-7-6-18-10-21)20-16(19-13)12-2-4-17-5-3-12/h2-10H,1H3,(H,19,20). The average molecular weight is 275 g/mol. The Bertz CT molecular complexity index is 891. The molecule has 21 heavy (non-hydrogen) atoms. The first-order valence-electron chi connectivity index (χ1n) is 6.70. The first-order valence-corrected chi connectivity index (χ1v) is 6.70. The van der Waals surface area contributed by atoms with Crippen LogP contribution in [0, 0.1) is 6.92 Å². The van der Waals surface area contributed by atoms with Gasteiger partial charge < -0.3 is 9.55 Å². The minimum Gasteiger partial charge on any atom is -0.338 e. The predicted octanol–water partition coefficient (Wildman–Crippen LogP) is 3.12. The molecule has 0 atom stereocenters. The van der Waals surface area contributed by atoms with Gasteiger partial charge in [-0.1, -0.05) is 0 Å². The van der Waals surface area contributed by atoms with E-state index in [1.54, 1.807) is 24.9 Å². The lowest BCUT2D eigenvalue weighted by molar-refractivity contribution is 1.04. The first-order chi connectivity index (χ1) is 10.3. The van der Waals surface area contributed by atoms with Gasteiger partial charge in [-0.3, -0.25) is 4.98 Å². The third kappa shape index (κ3) is 1.99. The third-order valence-electron chi connectivity index (χ3n) is 3.54. The number of benzene rings is 1. The highest BCUT2D eigenvalue weighted by Gasteiger charge is 2.09. The molecule has 1 aromatic carbocycles. The van der Waals surface area contributed by atoms with E-state index in [0.717, 1.165) is 28.1 Å². The van der Waals surface area contributed by atoms with Crippen LogP contribution < -0.4 is 0 Å². The number of aromatic nitrogens is 5. The number of nitrogens with zero attached hydrogens (tertiary/aromatic N) is 4. The summed E-state index contributed by atoms with van der Waals surface area (Å²) >= 11 is 0.